The summed E-state index contributed by atoms with van der Waals surface area (Å²) in [7, 11) is 0. The van der Waals surface area contributed by atoms with Gasteiger partial charge in [0.15, 0.2) is 0 Å². The minimum atomic E-state index is -0.0255. The first-order valence-corrected chi connectivity index (χ1v) is 9.47. The first-order chi connectivity index (χ1) is 12.7. The summed E-state index contributed by atoms with van der Waals surface area (Å²) in [4.78, 5) is 4.50. The van der Waals surface area contributed by atoms with E-state index in [1.165, 1.54) is 5.56 Å². The molecule has 0 spiro atoms. The Morgan fingerprint density at radius 2 is 1.92 bits per heavy atom. The number of hydrogen-bond acceptors (Lipinski definition) is 3. The summed E-state index contributed by atoms with van der Waals surface area (Å²) in [5, 5.41) is 15.3. The summed E-state index contributed by atoms with van der Waals surface area (Å²) in [5.41, 5.74) is 3.43. The molecular formula is C22H23ClN2O. The maximum Gasteiger partial charge on any atom is 0.0747 e. The van der Waals surface area contributed by atoms with E-state index in [4.69, 9.17) is 11.6 Å². The molecule has 0 atom stereocenters. The summed E-state index contributed by atoms with van der Waals surface area (Å²) in [6.07, 6.45) is 3.86. The number of aliphatic hydroxyl groups excluding tert-OH is 1. The molecule has 26 heavy (non-hydrogen) atoms. The molecule has 2 N–H and O–H groups in total. The fourth-order valence-corrected chi connectivity index (χ4v) is 4.35. The molecule has 3 nitrogen and oxygen atoms in total. The zero-order chi connectivity index (χ0) is 18.0. The van der Waals surface area contributed by atoms with Gasteiger partial charge in [-0.1, -0.05) is 48.0 Å². The molecule has 1 saturated carbocycles. The predicted octanol–water partition coefficient (Wildman–Crippen LogP) is 4.53. The molecule has 0 amide bonds. The van der Waals surface area contributed by atoms with Crippen molar-refractivity contribution in [3.05, 3.63) is 76.9 Å². The van der Waals surface area contributed by atoms with Crippen LogP contribution in [-0.4, -0.2) is 23.2 Å². The van der Waals surface area contributed by atoms with E-state index in [0.717, 1.165) is 40.9 Å². The predicted molar refractivity (Wildman–Crippen MR) is 106 cm³/mol. The van der Waals surface area contributed by atoms with Crippen molar-refractivity contribution in [1.82, 2.24) is 10.3 Å². The van der Waals surface area contributed by atoms with Crippen LogP contribution in [0.5, 0.6) is 0 Å². The molecule has 2 aromatic carbocycles. The van der Waals surface area contributed by atoms with Crippen molar-refractivity contribution in [1.29, 1.82) is 0 Å². The first-order valence-electron chi connectivity index (χ1n) is 9.09. The summed E-state index contributed by atoms with van der Waals surface area (Å²) >= 11 is 6.25. The van der Waals surface area contributed by atoms with Crippen LogP contribution < -0.4 is 5.32 Å². The number of fused-ring (bicyclic) bond motifs is 1. The molecule has 0 saturated heterocycles. The third kappa shape index (κ3) is 3.48. The number of benzene rings is 2. The molecule has 4 rings (SSSR count). The van der Waals surface area contributed by atoms with Crippen molar-refractivity contribution in [2.45, 2.75) is 25.3 Å². The lowest BCUT2D eigenvalue weighted by atomic mass is 9.60. The number of halogens is 1. The molecule has 1 aliphatic rings. The van der Waals surface area contributed by atoms with Gasteiger partial charge in [0, 0.05) is 41.7 Å². The Balaban J connectivity index is 1.40. The van der Waals surface area contributed by atoms with Crippen LogP contribution in [0.1, 0.15) is 29.9 Å². The monoisotopic (exact) mass is 366 g/mol. The second-order valence-corrected chi connectivity index (χ2v) is 7.85. The molecule has 1 fully saturated rings. The SMILES string of the molecule is OCC1(CNCc2cc(Cl)cc3cccnc23)CC(c2ccccc2)C1. The Kier molecular flexibility index (Phi) is 4.94. The third-order valence-corrected chi connectivity index (χ3v) is 5.75. The lowest BCUT2D eigenvalue weighted by Gasteiger charge is -2.47. The third-order valence-electron chi connectivity index (χ3n) is 5.53. The van der Waals surface area contributed by atoms with Crippen molar-refractivity contribution in [3.8, 4) is 0 Å². The van der Waals surface area contributed by atoms with Gasteiger partial charge in [-0.3, -0.25) is 4.98 Å². The molecule has 4 heteroatoms. The van der Waals surface area contributed by atoms with Gasteiger partial charge in [0.1, 0.15) is 0 Å². The second-order valence-electron chi connectivity index (χ2n) is 7.42. The highest BCUT2D eigenvalue weighted by Gasteiger charge is 2.43. The lowest BCUT2D eigenvalue weighted by molar-refractivity contribution is 0.0253. The van der Waals surface area contributed by atoms with Crippen LogP contribution in [0.2, 0.25) is 5.02 Å². The number of pyridine rings is 1. The van der Waals surface area contributed by atoms with Gasteiger partial charge >= 0.3 is 0 Å². The zero-order valence-corrected chi connectivity index (χ0v) is 15.4. The second kappa shape index (κ2) is 7.36. The highest BCUT2D eigenvalue weighted by Crippen LogP contribution is 2.50. The van der Waals surface area contributed by atoms with Gasteiger partial charge in [-0.25, -0.2) is 0 Å². The van der Waals surface area contributed by atoms with Crippen LogP contribution in [0.25, 0.3) is 10.9 Å². The van der Waals surface area contributed by atoms with Crippen LogP contribution in [-0.2, 0) is 6.54 Å². The molecule has 0 aliphatic heterocycles. The molecule has 1 aliphatic carbocycles. The molecule has 1 heterocycles. The van der Waals surface area contributed by atoms with Crippen LogP contribution in [0.3, 0.4) is 0 Å². The average molecular weight is 367 g/mol. The quantitative estimate of drug-likeness (QED) is 0.673. The number of aliphatic hydroxyl groups is 1. The number of aromatic nitrogens is 1. The Bertz CT molecular complexity index is 891. The van der Waals surface area contributed by atoms with Gasteiger partial charge in [-0.2, -0.15) is 0 Å². The van der Waals surface area contributed by atoms with Crippen LogP contribution in [0, 0.1) is 5.41 Å². The summed E-state index contributed by atoms with van der Waals surface area (Å²) in [6.45, 7) is 1.72. The molecule has 134 valence electrons. The van der Waals surface area contributed by atoms with Gasteiger partial charge < -0.3 is 10.4 Å². The first kappa shape index (κ1) is 17.5. The van der Waals surface area contributed by atoms with E-state index < -0.39 is 0 Å². The van der Waals surface area contributed by atoms with Gasteiger partial charge in [-0.15, -0.1) is 0 Å². The molecular weight excluding hydrogens is 344 g/mol. The van der Waals surface area contributed by atoms with Crippen LogP contribution in [0.4, 0.5) is 0 Å². The van der Waals surface area contributed by atoms with Crippen LogP contribution >= 0.6 is 11.6 Å². The largest absolute Gasteiger partial charge is 0.396 e. The van der Waals surface area contributed by atoms with Crippen molar-refractivity contribution in [3.63, 3.8) is 0 Å². The van der Waals surface area contributed by atoms with Crippen LogP contribution in [0.15, 0.2) is 60.8 Å². The highest BCUT2D eigenvalue weighted by atomic mass is 35.5. The number of rotatable bonds is 6. The van der Waals surface area contributed by atoms with Crippen molar-refractivity contribution in [2.24, 2.45) is 5.41 Å². The van der Waals surface area contributed by atoms with E-state index in [-0.39, 0.29) is 12.0 Å². The molecule has 3 aromatic rings. The Labute approximate surface area is 159 Å². The Hall–Kier alpha value is -1.94. The normalized spacial score (nSPS) is 22.3. The minimum absolute atomic E-state index is 0.0255. The number of nitrogens with one attached hydrogen (secondary N) is 1. The Morgan fingerprint density at radius 3 is 2.69 bits per heavy atom. The van der Waals surface area contributed by atoms with Gasteiger partial charge in [0.25, 0.3) is 0 Å². The number of nitrogens with zero attached hydrogens (tertiary/aromatic N) is 1. The Morgan fingerprint density at radius 1 is 1.12 bits per heavy atom. The summed E-state index contributed by atoms with van der Waals surface area (Å²) < 4.78 is 0. The fraction of sp³-hybridized carbons (Fsp3) is 0.318. The molecule has 1 aromatic heterocycles. The lowest BCUT2D eigenvalue weighted by Crippen LogP contribution is -2.46. The molecule has 0 bridgehead atoms. The zero-order valence-electron chi connectivity index (χ0n) is 14.7. The topological polar surface area (TPSA) is 45.1 Å². The standard InChI is InChI=1S/C22H23ClN2O/c23-20-9-17-7-4-8-25-21(17)18(10-20)13-24-14-22(15-26)11-19(12-22)16-5-2-1-3-6-16/h1-10,19,24,26H,11-15H2. The number of hydrogen-bond donors (Lipinski definition) is 2. The molecule has 0 radical (unpaired) electrons. The maximum atomic E-state index is 9.94. The van der Waals surface area contributed by atoms with E-state index in [2.05, 4.69) is 34.6 Å². The van der Waals surface area contributed by atoms with E-state index in [0.29, 0.717) is 12.5 Å². The average Bonchev–Trinajstić information content (AvgIpc) is 2.64. The van der Waals surface area contributed by atoms with Gasteiger partial charge in [-0.05, 0) is 48.1 Å². The van der Waals surface area contributed by atoms with E-state index in [1.54, 1.807) is 0 Å². The fourth-order valence-electron chi connectivity index (χ4n) is 4.10. The molecule has 0 unspecified atom stereocenters. The van der Waals surface area contributed by atoms with Crippen molar-refractivity contribution < 1.29 is 5.11 Å². The summed E-state index contributed by atoms with van der Waals surface area (Å²) in [5.74, 6) is 0.554. The minimum Gasteiger partial charge on any atom is -0.396 e. The van der Waals surface area contributed by atoms with E-state index in [1.807, 2.05) is 36.5 Å². The van der Waals surface area contributed by atoms with Crippen molar-refractivity contribution >= 4 is 22.5 Å². The maximum absolute atomic E-state index is 9.94. The van der Waals surface area contributed by atoms with Gasteiger partial charge in [0.2, 0.25) is 0 Å². The van der Waals surface area contributed by atoms with E-state index >= 15 is 0 Å². The smallest absolute Gasteiger partial charge is 0.0747 e. The van der Waals surface area contributed by atoms with Gasteiger partial charge in [0.05, 0.1) is 5.52 Å². The summed E-state index contributed by atoms with van der Waals surface area (Å²) in [6, 6.07) is 18.5. The van der Waals surface area contributed by atoms with E-state index in [9.17, 15) is 5.11 Å². The van der Waals surface area contributed by atoms with Crippen molar-refractivity contribution in [2.75, 3.05) is 13.2 Å². The highest BCUT2D eigenvalue weighted by molar-refractivity contribution is 6.31.